The lowest BCUT2D eigenvalue weighted by atomic mass is 10.1. The predicted molar refractivity (Wildman–Crippen MR) is 103 cm³/mol. The number of nitrogens with zero attached hydrogens (tertiary/aromatic N) is 5. The second-order valence-corrected chi connectivity index (χ2v) is 6.55. The highest BCUT2D eigenvalue weighted by Crippen LogP contribution is 2.22. The standard InChI is InChI=1S/C20H20N6O2/c1-3-5-16-22-20(28-25-16)15-6-4-11-26-17(23-24-18(15)26)12-21-19(27)14-9-7-13(2)8-10-14/h4,6-11H,3,5,12H2,1-2H3,(H,21,27). The lowest BCUT2D eigenvalue weighted by Crippen LogP contribution is -2.23. The van der Waals surface area contributed by atoms with Crippen LogP contribution in [-0.4, -0.2) is 30.6 Å². The molecule has 28 heavy (non-hydrogen) atoms. The predicted octanol–water partition coefficient (Wildman–Crippen LogP) is 2.97. The van der Waals surface area contributed by atoms with Crippen molar-refractivity contribution in [1.82, 2.24) is 30.1 Å². The first-order valence-electron chi connectivity index (χ1n) is 9.16. The van der Waals surface area contributed by atoms with Crippen molar-refractivity contribution in [2.75, 3.05) is 0 Å². The summed E-state index contributed by atoms with van der Waals surface area (Å²) in [6, 6.07) is 11.1. The van der Waals surface area contributed by atoms with Crippen molar-refractivity contribution < 1.29 is 9.32 Å². The number of carbonyl (C=O) groups is 1. The molecule has 4 aromatic rings. The fraction of sp³-hybridized carbons (Fsp3) is 0.250. The largest absolute Gasteiger partial charge is 0.345 e. The van der Waals surface area contributed by atoms with Gasteiger partial charge in [-0.05, 0) is 37.6 Å². The highest BCUT2D eigenvalue weighted by atomic mass is 16.5. The molecular formula is C20H20N6O2. The van der Waals surface area contributed by atoms with Gasteiger partial charge in [-0.15, -0.1) is 10.2 Å². The molecule has 0 bridgehead atoms. The second-order valence-electron chi connectivity index (χ2n) is 6.55. The monoisotopic (exact) mass is 376 g/mol. The number of rotatable bonds is 6. The number of carbonyl (C=O) groups excluding carboxylic acids is 1. The Hall–Kier alpha value is -3.55. The average Bonchev–Trinajstić information content (AvgIpc) is 3.34. The van der Waals surface area contributed by atoms with Gasteiger partial charge >= 0.3 is 0 Å². The molecule has 142 valence electrons. The molecule has 1 aromatic carbocycles. The van der Waals surface area contributed by atoms with E-state index in [0.29, 0.717) is 34.3 Å². The van der Waals surface area contributed by atoms with E-state index in [4.69, 9.17) is 4.52 Å². The molecule has 1 N–H and O–H groups in total. The highest BCUT2D eigenvalue weighted by molar-refractivity contribution is 5.94. The van der Waals surface area contributed by atoms with Crippen LogP contribution in [-0.2, 0) is 13.0 Å². The first kappa shape index (κ1) is 17.8. The molecule has 0 saturated heterocycles. The number of nitrogens with one attached hydrogen (secondary N) is 1. The topological polar surface area (TPSA) is 98.2 Å². The summed E-state index contributed by atoms with van der Waals surface area (Å²) in [5, 5.41) is 15.3. The third-order valence-corrected chi connectivity index (χ3v) is 4.40. The molecule has 1 amide bonds. The van der Waals surface area contributed by atoms with Crippen LogP contribution in [0.4, 0.5) is 0 Å². The van der Waals surface area contributed by atoms with Gasteiger partial charge in [0.2, 0.25) is 0 Å². The van der Waals surface area contributed by atoms with Crippen LogP contribution in [0.15, 0.2) is 47.1 Å². The number of benzene rings is 1. The molecule has 0 radical (unpaired) electrons. The fourth-order valence-electron chi connectivity index (χ4n) is 2.91. The van der Waals surface area contributed by atoms with Gasteiger partial charge in [0.25, 0.3) is 11.8 Å². The summed E-state index contributed by atoms with van der Waals surface area (Å²) >= 11 is 0. The van der Waals surface area contributed by atoms with Crippen LogP contribution in [0, 0.1) is 6.92 Å². The minimum Gasteiger partial charge on any atom is -0.345 e. The summed E-state index contributed by atoms with van der Waals surface area (Å²) in [6.45, 7) is 4.30. The van der Waals surface area contributed by atoms with E-state index in [9.17, 15) is 4.79 Å². The number of amides is 1. The SMILES string of the molecule is CCCc1noc(-c2cccn3c(CNC(=O)c4ccc(C)cc4)nnc23)n1. The third-order valence-electron chi connectivity index (χ3n) is 4.40. The van der Waals surface area contributed by atoms with Gasteiger partial charge in [0.1, 0.15) is 0 Å². The van der Waals surface area contributed by atoms with E-state index in [2.05, 4.69) is 32.6 Å². The lowest BCUT2D eigenvalue weighted by Gasteiger charge is -2.05. The van der Waals surface area contributed by atoms with Crippen molar-refractivity contribution in [3.63, 3.8) is 0 Å². The number of fused-ring (bicyclic) bond motifs is 1. The van der Waals surface area contributed by atoms with E-state index in [-0.39, 0.29) is 12.5 Å². The average molecular weight is 376 g/mol. The van der Waals surface area contributed by atoms with E-state index >= 15 is 0 Å². The van der Waals surface area contributed by atoms with Gasteiger partial charge in [0.15, 0.2) is 17.3 Å². The van der Waals surface area contributed by atoms with Gasteiger partial charge in [-0.25, -0.2) is 0 Å². The zero-order valence-corrected chi connectivity index (χ0v) is 15.7. The lowest BCUT2D eigenvalue weighted by molar-refractivity contribution is 0.0950. The molecule has 0 saturated carbocycles. The molecule has 3 heterocycles. The van der Waals surface area contributed by atoms with Crippen LogP contribution in [0.5, 0.6) is 0 Å². The maximum Gasteiger partial charge on any atom is 0.261 e. The van der Waals surface area contributed by atoms with Gasteiger partial charge in [-0.3, -0.25) is 9.20 Å². The fourth-order valence-corrected chi connectivity index (χ4v) is 2.91. The van der Waals surface area contributed by atoms with Gasteiger partial charge in [0, 0.05) is 18.2 Å². The molecule has 0 aliphatic heterocycles. The molecule has 0 unspecified atom stereocenters. The minimum absolute atomic E-state index is 0.158. The summed E-state index contributed by atoms with van der Waals surface area (Å²) in [6.07, 6.45) is 3.55. The maximum atomic E-state index is 12.3. The Morgan fingerprint density at radius 3 is 2.79 bits per heavy atom. The first-order valence-corrected chi connectivity index (χ1v) is 9.16. The van der Waals surface area contributed by atoms with Crippen LogP contribution in [0.1, 0.15) is 40.9 Å². The Kier molecular flexibility index (Phi) is 4.84. The van der Waals surface area contributed by atoms with E-state index in [1.54, 1.807) is 12.1 Å². The van der Waals surface area contributed by atoms with Crippen LogP contribution in [0.3, 0.4) is 0 Å². The van der Waals surface area contributed by atoms with Crippen LogP contribution < -0.4 is 5.32 Å². The van der Waals surface area contributed by atoms with Crippen molar-refractivity contribution in [1.29, 1.82) is 0 Å². The van der Waals surface area contributed by atoms with Crippen molar-refractivity contribution in [3.05, 3.63) is 65.4 Å². The summed E-state index contributed by atoms with van der Waals surface area (Å²) in [4.78, 5) is 16.8. The quantitative estimate of drug-likeness (QED) is 0.555. The third kappa shape index (κ3) is 3.48. The Balaban J connectivity index is 1.56. The number of aromatic nitrogens is 5. The van der Waals surface area contributed by atoms with Crippen LogP contribution in [0.25, 0.3) is 17.1 Å². The zero-order chi connectivity index (χ0) is 19.5. The smallest absolute Gasteiger partial charge is 0.261 e. The molecule has 0 fully saturated rings. The van der Waals surface area contributed by atoms with Crippen molar-refractivity contribution in [2.24, 2.45) is 0 Å². The molecule has 4 rings (SSSR count). The Morgan fingerprint density at radius 1 is 1.18 bits per heavy atom. The van der Waals surface area contributed by atoms with E-state index in [0.717, 1.165) is 18.4 Å². The number of aryl methyl sites for hydroxylation is 2. The second kappa shape index (κ2) is 7.59. The summed E-state index contributed by atoms with van der Waals surface area (Å²) < 4.78 is 7.19. The van der Waals surface area contributed by atoms with Crippen molar-refractivity contribution >= 4 is 11.6 Å². The minimum atomic E-state index is -0.158. The number of pyridine rings is 1. The van der Waals surface area contributed by atoms with Crippen molar-refractivity contribution in [3.8, 4) is 11.5 Å². The van der Waals surface area contributed by atoms with Crippen LogP contribution >= 0.6 is 0 Å². The molecule has 8 nitrogen and oxygen atoms in total. The summed E-state index contributed by atoms with van der Waals surface area (Å²) in [5.74, 6) is 1.54. The van der Waals surface area contributed by atoms with Gasteiger partial charge in [-0.1, -0.05) is 29.8 Å². The Bertz CT molecular complexity index is 1110. The van der Waals surface area contributed by atoms with Crippen LogP contribution in [0.2, 0.25) is 0 Å². The van der Waals surface area contributed by atoms with Crippen molar-refractivity contribution in [2.45, 2.75) is 33.2 Å². The molecule has 0 aliphatic rings. The zero-order valence-electron chi connectivity index (χ0n) is 15.7. The number of hydrogen-bond donors (Lipinski definition) is 1. The summed E-state index contributed by atoms with van der Waals surface area (Å²) in [7, 11) is 0. The Morgan fingerprint density at radius 2 is 2.00 bits per heavy atom. The van der Waals surface area contributed by atoms with E-state index in [1.807, 2.05) is 41.8 Å². The summed E-state index contributed by atoms with van der Waals surface area (Å²) in [5.41, 5.74) is 3.03. The molecule has 0 aliphatic carbocycles. The van der Waals surface area contributed by atoms with Gasteiger partial charge in [0.05, 0.1) is 12.1 Å². The van der Waals surface area contributed by atoms with E-state index < -0.39 is 0 Å². The van der Waals surface area contributed by atoms with Gasteiger partial charge in [-0.2, -0.15) is 4.98 Å². The first-order chi connectivity index (χ1) is 13.7. The Labute approximate surface area is 161 Å². The van der Waals surface area contributed by atoms with Gasteiger partial charge < -0.3 is 9.84 Å². The molecule has 0 spiro atoms. The molecule has 8 heteroatoms. The highest BCUT2D eigenvalue weighted by Gasteiger charge is 2.16. The molecule has 3 aromatic heterocycles. The molecular weight excluding hydrogens is 356 g/mol. The maximum absolute atomic E-state index is 12.3. The van der Waals surface area contributed by atoms with E-state index in [1.165, 1.54) is 0 Å². The normalized spacial score (nSPS) is 11.1. The molecule has 0 atom stereocenters. The number of hydrogen-bond acceptors (Lipinski definition) is 6.